The van der Waals surface area contributed by atoms with Gasteiger partial charge in [0, 0.05) is 23.9 Å². The van der Waals surface area contributed by atoms with Gasteiger partial charge in [0.05, 0.1) is 24.8 Å². The third-order valence-electron chi connectivity index (χ3n) is 7.28. The molecule has 1 amide bonds. The van der Waals surface area contributed by atoms with Gasteiger partial charge in [0.25, 0.3) is 5.91 Å². The lowest BCUT2D eigenvalue weighted by atomic mass is 10.1. The van der Waals surface area contributed by atoms with Gasteiger partial charge in [-0.1, -0.05) is 50.2 Å². The summed E-state index contributed by atoms with van der Waals surface area (Å²) < 4.78 is 29.8. The van der Waals surface area contributed by atoms with Crippen LogP contribution in [0, 0.1) is 17.6 Å². The lowest BCUT2D eigenvalue weighted by Crippen LogP contribution is -2.50. The number of rotatable bonds is 6. The molecule has 2 aromatic heterocycles. The van der Waals surface area contributed by atoms with E-state index in [1.165, 1.54) is 6.07 Å². The second-order valence-corrected chi connectivity index (χ2v) is 10.1. The highest BCUT2D eigenvalue weighted by Crippen LogP contribution is 2.37. The number of hydrogen-bond acceptors (Lipinski definition) is 5. The van der Waals surface area contributed by atoms with Crippen LogP contribution in [-0.4, -0.2) is 50.4 Å². The summed E-state index contributed by atoms with van der Waals surface area (Å²) in [5.41, 5.74) is 3.36. The third kappa shape index (κ3) is 4.27. The fraction of sp³-hybridized carbons (Fsp3) is 0.267. The van der Waals surface area contributed by atoms with E-state index < -0.39 is 11.6 Å². The van der Waals surface area contributed by atoms with Crippen molar-refractivity contribution in [1.82, 2.24) is 19.4 Å². The summed E-state index contributed by atoms with van der Waals surface area (Å²) in [5, 5.41) is 0. The molecule has 0 radical (unpaired) electrons. The normalized spacial score (nSPS) is 16.5. The maximum atomic E-state index is 14.2. The highest BCUT2D eigenvalue weighted by atomic mass is 19.2. The minimum Gasteiger partial charge on any atom is -0.305 e. The van der Waals surface area contributed by atoms with Crippen LogP contribution in [-0.2, 0) is 6.54 Å². The Bertz CT molecular complexity index is 1580. The van der Waals surface area contributed by atoms with Crippen molar-refractivity contribution >= 4 is 17.7 Å². The number of carbonyl (C=O) groups is 1. The van der Waals surface area contributed by atoms with Crippen LogP contribution in [0.25, 0.3) is 22.6 Å². The molecule has 0 saturated heterocycles. The first-order chi connectivity index (χ1) is 18.9. The van der Waals surface area contributed by atoms with Crippen molar-refractivity contribution in [2.24, 2.45) is 10.9 Å². The van der Waals surface area contributed by atoms with Crippen LogP contribution in [0.5, 0.6) is 0 Å². The number of fused-ring (bicyclic) bond motifs is 3. The van der Waals surface area contributed by atoms with Crippen molar-refractivity contribution in [1.29, 1.82) is 0 Å². The van der Waals surface area contributed by atoms with Crippen molar-refractivity contribution in [2.75, 3.05) is 18.0 Å². The predicted octanol–water partition coefficient (Wildman–Crippen LogP) is 5.61. The molecular formula is C30H28F2N6O. The topological polar surface area (TPSA) is 66.6 Å². The maximum absolute atomic E-state index is 14.2. The minimum absolute atomic E-state index is 0.00897. The van der Waals surface area contributed by atoms with Crippen LogP contribution in [0.4, 0.5) is 14.6 Å². The number of anilines is 1. The van der Waals surface area contributed by atoms with E-state index in [9.17, 15) is 13.6 Å². The van der Waals surface area contributed by atoms with Gasteiger partial charge in [0.2, 0.25) is 5.96 Å². The molecule has 0 unspecified atom stereocenters. The fourth-order valence-corrected chi connectivity index (χ4v) is 5.15. The molecule has 0 N–H and O–H groups in total. The standard InChI is InChI=1S/C30H28F2N6O/c1-4-36-29(39)26-28(38-17-25(18(2)3)34-30(36)38)37(16-19-10-12-22(31)23(32)14-19)27(35-26)21-11-13-24(33-15-21)20-8-6-5-7-9-20/h5-15,18,25H,4,16-17H2,1-3H3/t25-/m0/s1. The van der Waals surface area contributed by atoms with Crippen LogP contribution >= 0.6 is 0 Å². The summed E-state index contributed by atoms with van der Waals surface area (Å²) >= 11 is 0. The summed E-state index contributed by atoms with van der Waals surface area (Å²) in [7, 11) is 0. The molecule has 198 valence electrons. The zero-order chi connectivity index (χ0) is 27.3. The molecule has 9 heteroatoms. The highest BCUT2D eigenvalue weighted by molar-refractivity contribution is 6.18. The number of guanidine groups is 1. The molecule has 1 atom stereocenters. The van der Waals surface area contributed by atoms with E-state index in [1.807, 2.05) is 58.9 Å². The Hall–Kier alpha value is -4.40. The molecule has 6 rings (SSSR count). The third-order valence-corrected chi connectivity index (χ3v) is 7.28. The van der Waals surface area contributed by atoms with Crippen molar-refractivity contribution < 1.29 is 13.6 Å². The number of amides is 1. The second-order valence-electron chi connectivity index (χ2n) is 10.1. The zero-order valence-corrected chi connectivity index (χ0v) is 22.0. The average Bonchev–Trinajstić information content (AvgIpc) is 3.54. The van der Waals surface area contributed by atoms with Crippen molar-refractivity contribution in [3.8, 4) is 22.6 Å². The van der Waals surface area contributed by atoms with Crippen LogP contribution in [0.3, 0.4) is 0 Å². The number of hydrogen-bond donors (Lipinski definition) is 0. The maximum Gasteiger partial charge on any atom is 0.283 e. The Morgan fingerprint density at radius 3 is 2.46 bits per heavy atom. The molecule has 39 heavy (non-hydrogen) atoms. The molecule has 2 aliphatic heterocycles. The summed E-state index contributed by atoms with van der Waals surface area (Å²) in [6.07, 6.45) is 1.73. The number of carbonyl (C=O) groups excluding carboxylic acids is 1. The van der Waals surface area contributed by atoms with E-state index >= 15 is 0 Å². The number of pyridine rings is 1. The van der Waals surface area contributed by atoms with E-state index in [4.69, 9.17) is 9.98 Å². The molecule has 0 spiro atoms. The van der Waals surface area contributed by atoms with Crippen LogP contribution < -0.4 is 4.90 Å². The largest absolute Gasteiger partial charge is 0.305 e. The lowest BCUT2D eigenvalue weighted by molar-refractivity contribution is 0.0841. The fourth-order valence-electron chi connectivity index (χ4n) is 5.15. The van der Waals surface area contributed by atoms with Gasteiger partial charge in [0.1, 0.15) is 11.6 Å². The number of aromatic nitrogens is 3. The number of benzene rings is 2. The average molecular weight is 527 g/mol. The summed E-state index contributed by atoms with van der Waals surface area (Å²) in [5.74, 6) is -0.0512. The molecular weight excluding hydrogens is 498 g/mol. The number of nitrogens with zero attached hydrogens (tertiary/aromatic N) is 6. The van der Waals surface area contributed by atoms with Gasteiger partial charge in [-0.3, -0.25) is 19.6 Å². The van der Waals surface area contributed by atoms with Gasteiger partial charge in [-0.05, 0) is 42.7 Å². The molecule has 4 heterocycles. The van der Waals surface area contributed by atoms with Crippen molar-refractivity contribution in [2.45, 2.75) is 33.4 Å². The number of imidazole rings is 1. The predicted molar refractivity (Wildman–Crippen MR) is 146 cm³/mol. The molecule has 0 saturated carbocycles. The molecule has 7 nitrogen and oxygen atoms in total. The quantitative estimate of drug-likeness (QED) is 0.327. The van der Waals surface area contributed by atoms with Gasteiger partial charge < -0.3 is 4.57 Å². The number of halogens is 2. The summed E-state index contributed by atoms with van der Waals surface area (Å²) in [6.45, 7) is 7.36. The first-order valence-electron chi connectivity index (χ1n) is 13.1. The summed E-state index contributed by atoms with van der Waals surface area (Å²) in [4.78, 5) is 31.8. The van der Waals surface area contributed by atoms with Gasteiger partial charge in [0.15, 0.2) is 17.3 Å². The number of aliphatic imine (C=N–C) groups is 1. The van der Waals surface area contributed by atoms with E-state index in [1.54, 1.807) is 17.2 Å². The van der Waals surface area contributed by atoms with Crippen LogP contribution in [0.15, 0.2) is 71.9 Å². The van der Waals surface area contributed by atoms with Gasteiger partial charge in [-0.15, -0.1) is 0 Å². The second kappa shape index (κ2) is 9.72. The zero-order valence-electron chi connectivity index (χ0n) is 22.0. The first-order valence-corrected chi connectivity index (χ1v) is 13.1. The van der Waals surface area contributed by atoms with E-state index in [0.29, 0.717) is 47.5 Å². The van der Waals surface area contributed by atoms with Gasteiger partial charge in [-0.2, -0.15) is 0 Å². The Morgan fingerprint density at radius 2 is 1.79 bits per heavy atom. The molecule has 0 bridgehead atoms. The Balaban J connectivity index is 1.51. The van der Waals surface area contributed by atoms with Gasteiger partial charge >= 0.3 is 0 Å². The molecule has 2 aromatic carbocycles. The monoisotopic (exact) mass is 526 g/mol. The summed E-state index contributed by atoms with van der Waals surface area (Å²) in [6, 6.07) is 17.5. The van der Waals surface area contributed by atoms with Crippen molar-refractivity contribution in [3.63, 3.8) is 0 Å². The Labute approximate surface area is 225 Å². The SMILES string of the molecule is CCN1C(=O)c2nc(-c3ccc(-c4ccccc4)nc3)n(Cc3ccc(F)c(F)c3)c2N2C[C@@H](C(C)C)N=C12. The first kappa shape index (κ1) is 24.9. The van der Waals surface area contributed by atoms with E-state index in [0.717, 1.165) is 17.3 Å². The molecule has 2 aliphatic rings. The van der Waals surface area contributed by atoms with Crippen LogP contribution in [0.1, 0.15) is 36.8 Å². The van der Waals surface area contributed by atoms with E-state index in [-0.39, 0.29) is 24.4 Å². The van der Waals surface area contributed by atoms with Crippen LogP contribution in [0.2, 0.25) is 0 Å². The molecule has 4 aromatic rings. The van der Waals surface area contributed by atoms with Gasteiger partial charge in [-0.25, -0.2) is 18.8 Å². The van der Waals surface area contributed by atoms with E-state index in [2.05, 4.69) is 18.8 Å². The molecule has 0 aliphatic carbocycles. The Kier molecular flexibility index (Phi) is 6.21. The van der Waals surface area contributed by atoms with Crippen molar-refractivity contribution in [3.05, 3.63) is 89.8 Å². The molecule has 0 fully saturated rings. The smallest absolute Gasteiger partial charge is 0.283 e. The highest BCUT2D eigenvalue weighted by Gasteiger charge is 2.44. The minimum atomic E-state index is -0.923. The lowest BCUT2D eigenvalue weighted by Gasteiger charge is -2.33. The Morgan fingerprint density at radius 1 is 1.00 bits per heavy atom.